The maximum absolute atomic E-state index is 13.1. The van der Waals surface area contributed by atoms with Crippen molar-refractivity contribution in [2.45, 2.75) is 39.3 Å². The van der Waals surface area contributed by atoms with Crippen LogP contribution >= 0.6 is 11.6 Å². The molecule has 0 aromatic heterocycles. The highest BCUT2D eigenvalue weighted by molar-refractivity contribution is 6.30. The van der Waals surface area contributed by atoms with Gasteiger partial charge in [0.2, 0.25) is 0 Å². The highest BCUT2D eigenvalue weighted by atomic mass is 35.5. The quantitative estimate of drug-likeness (QED) is 0.466. The first-order valence-electron chi connectivity index (χ1n) is 11.7. The number of amides is 4. The van der Waals surface area contributed by atoms with Crippen molar-refractivity contribution in [2.24, 2.45) is 10.9 Å². The Morgan fingerprint density at radius 3 is 2.56 bits per heavy atom. The van der Waals surface area contributed by atoms with E-state index >= 15 is 0 Å². The summed E-state index contributed by atoms with van der Waals surface area (Å²) in [5.41, 5.74) is 1.54. The van der Waals surface area contributed by atoms with Gasteiger partial charge in [0.15, 0.2) is 0 Å². The summed E-state index contributed by atoms with van der Waals surface area (Å²) in [6, 6.07) is 11.0. The van der Waals surface area contributed by atoms with Crippen LogP contribution in [0.1, 0.15) is 38.8 Å². The summed E-state index contributed by atoms with van der Waals surface area (Å²) in [7, 11) is 1.62. The Hall–Kier alpha value is -3.46. The van der Waals surface area contributed by atoms with Crippen molar-refractivity contribution in [3.05, 3.63) is 64.9 Å². The molecule has 1 N–H and O–H groups in total. The third kappa shape index (κ3) is 6.81. The van der Waals surface area contributed by atoms with Crippen molar-refractivity contribution in [3.63, 3.8) is 0 Å². The second-order valence-corrected chi connectivity index (χ2v) is 9.34. The molecule has 1 aliphatic heterocycles. The Kier molecular flexibility index (Phi) is 9.03. The normalized spacial score (nSPS) is 17.6. The fraction of sp³-hybridized carbons (Fsp3) is 0.385. The fourth-order valence-electron chi connectivity index (χ4n) is 4.05. The van der Waals surface area contributed by atoms with E-state index in [0.29, 0.717) is 35.0 Å². The van der Waals surface area contributed by atoms with E-state index in [-0.39, 0.29) is 18.7 Å². The molecule has 1 aliphatic rings. The standard InChI is InChI=1S/C26H30ClFN4O4/c1-16(2)36-24(33)22-17(3)29-26(35)32(23(22)18-7-5-8-19(27)15-18)14-6-13-31(4)25(34)30-21-11-9-20(28)10-12-21/h5,7-12,15-16,22-23H,6,13-14H2,1-4H3,(H,30,34). The molecule has 0 spiro atoms. The van der Waals surface area contributed by atoms with Crippen LogP contribution in [-0.2, 0) is 9.53 Å². The van der Waals surface area contributed by atoms with E-state index in [1.54, 1.807) is 46.0 Å². The van der Waals surface area contributed by atoms with Gasteiger partial charge in [0, 0.05) is 36.6 Å². The molecule has 2 atom stereocenters. The molecule has 192 valence electrons. The summed E-state index contributed by atoms with van der Waals surface area (Å²) in [5.74, 6) is -1.65. The third-order valence-electron chi connectivity index (χ3n) is 5.75. The van der Waals surface area contributed by atoms with E-state index in [2.05, 4.69) is 10.3 Å². The predicted molar refractivity (Wildman–Crippen MR) is 137 cm³/mol. The molecule has 0 radical (unpaired) electrons. The van der Waals surface area contributed by atoms with Gasteiger partial charge in [0.25, 0.3) is 0 Å². The molecule has 0 aliphatic carbocycles. The highest BCUT2D eigenvalue weighted by Crippen LogP contribution is 2.36. The predicted octanol–water partition coefficient (Wildman–Crippen LogP) is 5.54. The number of anilines is 1. The molecule has 2 aromatic rings. The topological polar surface area (TPSA) is 91.3 Å². The fourth-order valence-corrected chi connectivity index (χ4v) is 4.25. The average Bonchev–Trinajstić information content (AvgIpc) is 2.80. The van der Waals surface area contributed by atoms with Gasteiger partial charge in [-0.15, -0.1) is 0 Å². The number of ether oxygens (including phenoxy) is 1. The molecular formula is C26H30ClFN4O4. The molecule has 36 heavy (non-hydrogen) atoms. The summed E-state index contributed by atoms with van der Waals surface area (Å²) in [6.07, 6.45) is 0.0982. The number of nitrogens with one attached hydrogen (secondary N) is 1. The summed E-state index contributed by atoms with van der Waals surface area (Å²) < 4.78 is 18.6. The van der Waals surface area contributed by atoms with E-state index in [4.69, 9.17) is 16.3 Å². The van der Waals surface area contributed by atoms with E-state index in [1.165, 1.54) is 34.1 Å². The number of hydrogen-bond donors (Lipinski definition) is 1. The van der Waals surface area contributed by atoms with Crippen molar-refractivity contribution in [2.75, 3.05) is 25.5 Å². The van der Waals surface area contributed by atoms with Crippen LogP contribution in [0, 0.1) is 11.7 Å². The zero-order valence-electron chi connectivity index (χ0n) is 20.7. The van der Waals surface area contributed by atoms with Crippen LogP contribution in [-0.4, -0.2) is 59.8 Å². The van der Waals surface area contributed by atoms with Crippen LogP contribution in [0.3, 0.4) is 0 Å². The summed E-state index contributed by atoms with van der Waals surface area (Å²) >= 11 is 6.23. The van der Waals surface area contributed by atoms with Gasteiger partial charge in [0.05, 0.1) is 12.1 Å². The van der Waals surface area contributed by atoms with Crippen LogP contribution in [0.5, 0.6) is 0 Å². The van der Waals surface area contributed by atoms with Gasteiger partial charge in [-0.2, -0.15) is 0 Å². The second kappa shape index (κ2) is 12.0. The Bertz CT molecular complexity index is 1140. The molecule has 0 saturated carbocycles. The Balaban J connectivity index is 1.75. The summed E-state index contributed by atoms with van der Waals surface area (Å²) in [5, 5.41) is 3.17. The maximum atomic E-state index is 13.1. The minimum Gasteiger partial charge on any atom is -0.462 e. The summed E-state index contributed by atoms with van der Waals surface area (Å²) in [4.78, 5) is 45.6. The average molecular weight is 517 g/mol. The lowest BCUT2D eigenvalue weighted by Crippen LogP contribution is -2.48. The van der Waals surface area contributed by atoms with E-state index in [1.807, 2.05) is 6.07 Å². The van der Waals surface area contributed by atoms with Crippen LogP contribution in [0.4, 0.5) is 19.7 Å². The molecule has 10 heteroatoms. The van der Waals surface area contributed by atoms with E-state index in [9.17, 15) is 18.8 Å². The van der Waals surface area contributed by atoms with Crippen LogP contribution in [0.2, 0.25) is 5.02 Å². The lowest BCUT2D eigenvalue weighted by molar-refractivity contribution is -0.151. The zero-order chi connectivity index (χ0) is 26.4. The van der Waals surface area contributed by atoms with Gasteiger partial charge >= 0.3 is 18.0 Å². The van der Waals surface area contributed by atoms with Gasteiger partial charge in [-0.25, -0.2) is 19.0 Å². The molecule has 0 fully saturated rings. The highest BCUT2D eigenvalue weighted by Gasteiger charge is 2.43. The molecule has 3 rings (SSSR count). The number of nitrogens with zero attached hydrogens (tertiary/aromatic N) is 3. The van der Waals surface area contributed by atoms with E-state index in [0.717, 1.165) is 0 Å². The first-order valence-corrected chi connectivity index (χ1v) is 12.0. The molecule has 0 saturated heterocycles. The SMILES string of the molecule is CC1=NC(=O)N(CCCN(C)C(=O)Nc2ccc(F)cc2)C(c2cccc(Cl)c2)C1C(=O)OC(C)C. The zero-order valence-corrected chi connectivity index (χ0v) is 21.5. The molecule has 0 bridgehead atoms. The molecule has 8 nitrogen and oxygen atoms in total. The van der Waals surface area contributed by atoms with Crippen molar-refractivity contribution in [1.82, 2.24) is 9.80 Å². The van der Waals surface area contributed by atoms with Crippen molar-refractivity contribution < 1.29 is 23.5 Å². The Morgan fingerprint density at radius 2 is 1.92 bits per heavy atom. The smallest absolute Gasteiger partial charge is 0.344 e. The van der Waals surface area contributed by atoms with Gasteiger partial charge in [0.1, 0.15) is 11.7 Å². The number of urea groups is 2. The molecule has 1 heterocycles. The number of aliphatic imine (C=N–C) groups is 1. The van der Waals surface area contributed by atoms with Crippen molar-refractivity contribution in [3.8, 4) is 0 Å². The Labute approximate surface area is 215 Å². The van der Waals surface area contributed by atoms with Crippen LogP contribution < -0.4 is 5.32 Å². The summed E-state index contributed by atoms with van der Waals surface area (Å²) in [6.45, 7) is 5.73. The number of rotatable bonds is 8. The molecule has 2 unspecified atom stereocenters. The lowest BCUT2D eigenvalue weighted by atomic mass is 9.86. The van der Waals surface area contributed by atoms with Crippen molar-refractivity contribution in [1.29, 1.82) is 0 Å². The first-order chi connectivity index (χ1) is 17.1. The second-order valence-electron chi connectivity index (χ2n) is 8.90. The van der Waals surface area contributed by atoms with Crippen LogP contribution in [0.25, 0.3) is 0 Å². The number of esters is 1. The van der Waals surface area contributed by atoms with Gasteiger partial charge in [-0.1, -0.05) is 23.7 Å². The minimum atomic E-state index is -0.789. The number of hydrogen-bond acceptors (Lipinski definition) is 4. The monoisotopic (exact) mass is 516 g/mol. The maximum Gasteiger partial charge on any atom is 0.344 e. The number of carbonyl (C=O) groups excluding carboxylic acids is 3. The van der Waals surface area contributed by atoms with Crippen LogP contribution in [0.15, 0.2) is 53.5 Å². The third-order valence-corrected chi connectivity index (χ3v) is 5.99. The molecular weight excluding hydrogens is 487 g/mol. The molecule has 2 aromatic carbocycles. The van der Waals surface area contributed by atoms with Gasteiger partial charge in [-0.3, -0.25) is 4.79 Å². The van der Waals surface area contributed by atoms with E-state index < -0.39 is 29.8 Å². The minimum absolute atomic E-state index is 0.242. The van der Waals surface area contributed by atoms with Gasteiger partial charge in [-0.05, 0) is 69.2 Å². The largest absolute Gasteiger partial charge is 0.462 e. The lowest BCUT2D eigenvalue weighted by Gasteiger charge is -2.39. The number of carbonyl (C=O) groups is 3. The first kappa shape index (κ1) is 27.1. The number of halogens is 2. The Morgan fingerprint density at radius 1 is 1.22 bits per heavy atom. The molecule has 4 amide bonds. The van der Waals surface area contributed by atoms with Crippen molar-refractivity contribution >= 4 is 41.0 Å². The number of benzene rings is 2. The van der Waals surface area contributed by atoms with Gasteiger partial charge < -0.3 is 19.9 Å².